The summed E-state index contributed by atoms with van der Waals surface area (Å²) in [6.07, 6.45) is 0. The highest BCUT2D eigenvalue weighted by molar-refractivity contribution is 7.22. The van der Waals surface area contributed by atoms with Gasteiger partial charge in [-0.3, -0.25) is 4.79 Å². The van der Waals surface area contributed by atoms with Gasteiger partial charge in [-0.2, -0.15) is 0 Å². The fraction of sp³-hybridized carbons (Fsp3) is 0.0667. The smallest absolute Gasteiger partial charge is 0.267 e. The molecule has 0 aliphatic carbocycles. The van der Waals surface area contributed by atoms with Crippen LogP contribution in [0.25, 0.3) is 9.88 Å². The standard InChI is InChI=1S/C15H11FN2OS2/c1-9-13(21-15(17-9)12-7-4-8-20-12)14(19)18-11-6-3-2-5-10(11)16/h2-8H,1H3,(H,18,19). The second-order valence-electron chi connectivity index (χ2n) is 4.34. The Kier molecular flexibility index (Phi) is 3.81. The van der Waals surface area contributed by atoms with Crippen molar-refractivity contribution in [2.24, 2.45) is 0 Å². The molecular weight excluding hydrogens is 307 g/mol. The molecule has 1 N–H and O–H groups in total. The molecule has 0 saturated heterocycles. The zero-order valence-electron chi connectivity index (χ0n) is 11.1. The molecule has 0 aliphatic rings. The Labute approximate surface area is 129 Å². The number of nitrogens with zero attached hydrogens (tertiary/aromatic N) is 1. The number of carbonyl (C=O) groups excluding carboxylic acids is 1. The highest BCUT2D eigenvalue weighted by Gasteiger charge is 2.17. The summed E-state index contributed by atoms with van der Waals surface area (Å²) in [6.45, 7) is 1.78. The van der Waals surface area contributed by atoms with E-state index in [9.17, 15) is 9.18 Å². The molecule has 1 amide bonds. The second-order valence-corrected chi connectivity index (χ2v) is 6.29. The number of thiophene rings is 1. The molecule has 0 fully saturated rings. The van der Waals surface area contributed by atoms with Crippen molar-refractivity contribution in [1.29, 1.82) is 0 Å². The molecule has 0 spiro atoms. The van der Waals surface area contributed by atoms with Gasteiger partial charge in [0, 0.05) is 0 Å². The third-order valence-electron chi connectivity index (χ3n) is 2.86. The van der Waals surface area contributed by atoms with Crippen molar-refractivity contribution in [3.63, 3.8) is 0 Å². The molecule has 0 atom stereocenters. The lowest BCUT2D eigenvalue weighted by Crippen LogP contribution is -2.12. The van der Waals surface area contributed by atoms with Crippen molar-refractivity contribution in [3.05, 3.63) is 58.2 Å². The highest BCUT2D eigenvalue weighted by atomic mass is 32.1. The lowest BCUT2D eigenvalue weighted by Gasteiger charge is -2.04. The quantitative estimate of drug-likeness (QED) is 0.768. The number of aromatic nitrogens is 1. The number of anilines is 1. The van der Waals surface area contributed by atoms with Crippen LogP contribution in [0.4, 0.5) is 10.1 Å². The van der Waals surface area contributed by atoms with Crippen molar-refractivity contribution in [2.45, 2.75) is 6.92 Å². The first-order chi connectivity index (χ1) is 10.1. The minimum absolute atomic E-state index is 0.174. The summed E-state index contributed by atoms with van der Waals surface area (Å²) in [6, 6.07) is 10.0. The topological polar surface area (TPSA) is 42.0 Å². The predicted octanol–water partition coefficient (Wildman–Crippen LogP) is 4.57. The van der Waals surface area contributed by atoms with Gasteiger partial charge in [0.25, 0.3) is 5.91 Å². The molecule has 0 radical (unpaired) electrons. The number of thiazole rings is 1. The van der Waals surface area contributed by atoms with Crippen LogP contribution in [0.1, 0.15) is 15.4 Å². The molecule has 21 heavy (non-hydrogen) atoms. The summed E-state index contributed by atoms with van der Waals surface area (Å²) < 4.78 is 13.6. The lowest BCUT2D eigenvalue weighted by molar-refractivity contribution is 0.102. The number of aryl methyl sites for hydroxylation is 1. The van der Waals surface area contributed by atoms with E-state index in [4.69, 9.17) is 0 Å². The maximum absolute atomic E-state index is 13.6. The van der Waals surface area contributed by atoms with Crippen molar-refractivity contribution < 1.29 is 9.18 Å². The third-order valence-corrected chi connectivity index (χ3v) is 5.05. The third kappa shape index (κ3) is 2.86. The average molecular weight is 318 g/mol. The predicted molar refractivity (Wildman–Crippen MR) is 84.5 cm³/mol. The van der Waals surface area contributed by atoms with E-state index in [0.717, 1.165) is 9.88 Å². The van der Waals surface area contributed by atoms with Gasteiger partial charge < -0.3 is 5.32 Å². The van der Waals surface area contributed by atoms with Gasteiger partial charge in [0.2, 0.25) is 0 Å². The fourth-order valence-electron chi connectivity index (χ4n) is 1.85. The lowest BCUT2D eigenvalue weighted by atomic mass is 10.3. The van der Waals surface area contributed by atoms with Gasteiger partial charge in [0.1, 0.15) is 15.7 Å². The Bertz CT molecular complexity index is 781. The van der Waals surface area contributed by atoms with Crippen LogP contribution >= 0.6 is 22.7 Å². The molecule has 3 nitrogen and oxygen atoms in total. The first-order valence-electron chi connectivity index (χ1n) is 6.22. The minimum Gasteiger partial charge on any atom is -0.319 e. The van der Waals surface area contributed by atoms with E-state index in [-0.39, 0.29) is 11.6 Å². The number of carbonyl (C=O) groups is 1. The zero-order chi connectivity index (χ0) is 14.8. The molecule has 6 heteroatoms. The molecule has 2 aromatic heterocycles. The van der Waals surface area contributed by atoms with Gasteiger partial charge in [0.05, 0.1) is 16.3 Å². The van der Waals surface area contributed by atoms with Gasteiger partial charge in [-0.1, -0.05) is 18.2 Å². The zero-order valence-corrected chi connectivity index (χ0v) is 12.7. The van der Waals surface area contributed by atoms with Gasteiger partial charge in [0.15, 0.2) is 0 Å². The molecule has 2 heterocycles. The largest absolute Gasteiger partial charge is 0.319 e. The van der Waals surface area contributed by atoms with Gasteiger partial charge in [-0.15, -0.1) is 22.7 Å². The molecule has 106 valence electrons. The Balaban J connectivity index is 1.87. The molecule has 0 aliphatic heterocycles. The molecule has 0 unspecified atom stereocenters. The second kappa shape index (κ2) is 5.75. The first-order valence-corrected chi connectivity index (χ1v) is 7.92. The first kappa shape index (κ1) is 13.9. The summed E-state index contributed by atoms with van der Waals surface area (Å²) in [7, 11) is 0. The number of para-hydroxylation sites is 1. The number of hydrogen-bond acceptors (Lipinski definition) is 4. The van der Waals surface area contributed by atoms with E-state index in [1.807, 2.05) is 17.5 Å². The highest BCUT2D eigenvalue weighted by Crippen LogP contribution is 2.31. The fourth-order valence-corrected chi connectivity index (χ4v) is 3.61. The van der Waals surface area contributed by atoms with Crippen molar-refractivity contribution in [2.75, 3.05) is 5.32 Å². The van der Waals surface area contributed by atoms with Crippen molar-refractivity contribution >= 4 is 34.3 Å². The van der Waals surface area contributed by atoms with E-state index < -0.39 is 5.82 Å². The molecule has 3 rings (SSSR count). The number of rotatable bonds is 3. The van der Waals surface area contributed by atoms with Crippen LogP contribution in [-0.2, 0) is 0 Å². The van der Waals surface area contributed by atoms with E-state index in [1.54, 1.807) is 30.4 Å². The maximum Gasteiger partial charge on any atom is 0.267 e. The van der Waals surface area contributed by atoms with Crippen LogP contribution in [0.15, 0.2) is 41.8 Å². The minimum atomic E-state index is -0.452. The summed E-state index contributed by atoms with van der Waals surface area (Å²) in [5.74, 6) is -0.788. The summed E-state index contributed by atoms with van der Waals surface area (Å²) >= 11 is 2.89. The van der Waals surface area contributed by atoms with Crippen LogP contribution < -0.4 is 5.32 Å². The Morgan fingerprint density at radius 3 is 2.76 bits per heavy atom. The Hall–Kier alpha value is -2.05. The van der Waals surface area contributed by atoms with E-state index in [0.29, 0.717) is 10.6 Å². The average Bonchev–Trinajstić information content (AvgIpc) is 3.10. The summed E-state index contributed by atoms with van der Waals surface area (Å²) in [5.41, 5.74) is 0.824. The van der Waals surface area contributed by atoms with Crippen molar-refractivity contribution in [3.8, 4) is 9.88 Å². The van der Waals surface area contributed by atoms with Crippen LogP contribution in [0, 0.1) is 12.7 Å². The molecular formula is C15H11FN2OS2. The summed E-state index contributed by atoms with van der Waals surface area (Å²) in [4.78, 5) is 18.2. The Morgan fingerprint density at radius 2 is 2.05 bits per heavy atom. The van der Waals surface area contributed by atoms with Crippen LogP contribution in [0.3, 0.4) is 0 Å². The van der Waals surface area contributed by atoms with E-state index in [2.05, 4.69) is 10.3 Å². The monoisotopic (exact) mass is 318 g/mol. The van der Waals surface area contributed by atoms with E-state index >= 15 is 0 Å². The molecule has 0 bridgehead atoms. The normalized spacial score (nSPS) is 10.6. The number of hydrogen-bond donors (Lipinski definition) is 1. The van der Waals surface area contributed by atoms with Crippen LogP contribution in [-0.4, -0.2) is 10.9 Å². The molecule has 0 saturated carbocycles. The molecule has 3 aromatic rings. The maximum atomic E-state index is 13.6. The summed E-state index contributed by atoms with van der Waals surface area (Å²) in [5, 5.41) is 5.36. The number of benzene rings is 1. The van der Waals surface area contributed by atoms with Gasteiger partial charge in [-0.25, -0.2) is 9.37 Å². The van der Waals surface area contributed by atoms with Gasteiger partial charge in [-0.05, 0) is 30.5 Å². The van der Waals surface area contributed by atoms with E-state index in [1.165, 1.54) is 23.5 Å². The van der Waals surface area contributed by atoms with Gasteiger partial charge >= 0.3 is 0 Å². The van der Waals surface area contributed by atoms with Crippen molar-refractivity contribution in [1.82, 2.24) is 4.98 Å². The number of nitrogens with one attached hydrogen (secondary N) is 1. The van der Waals surface area contributed by atoms with Crippen LogP contribution in [0.5, 0.6) is 0 Å². The van der Waals surface area contributed by atoms with Crippen LogP contribution in [0.2, 0.25) is 0 Å². The number of amides is 1. The number of halogens is 1. The molecule has 1 aromatic carbocycles. The Morgan fingerprint density at radius 1 is 1.24 bits per heavy atom. The SMILES string of the molecule is Cc1nc(-c2cccs2)sc1C(=O)Nc1ccccc1F.